The molecular formula is C24H25BN2O3. The van der Waals surface area contributed by atoms with Crippen LogP contribution in [0.2, 0.25) is 0 Å². The molecule has 0 unspecified atom stereocenters. The number of rotatable bonds is 6. The molecule has 0 radical (unpaired) electrons. The van der Waals surface area contributed by atoms with E-state index in [2.05, 4.69) is 22.1 Å². The lowest BCUT2D eigenvalue weighted by Crippen LogP contribution is -2.49. The molecule has 4 aromatic rings. The number of oxazole rings is 1. The standard InChI is InChI=1S/C24H25BN2O3/c1-23(2,28)24(3,4)30-25-19-9-5-7-16(13-19)17-10-11-21-20(14-17)27-22(29-21)18-8-6-12-26-15-18/h5-15,25,28H,1-4H3. The summed E-state index contributed by atoms with van der Waals surface area (Å²) in [6, 6.07) is 18.0. The van der Waals surface area contributed by atoms with E-state index in [4.69, 9.17) is 9.07 Å². The zero-order valence-electron chi connectivity index (χ0n) is 17.7. The number of hydrogen-bond acceptors (Lipinski definition) is 5. The lowest BCUT2D eigenvalue weighted by molar-refractivity contribution is -0.0893. The third kappa shape index (κ3) is 4.15. The minimum atomic E-state index is -0.936. The molecule has 0 saturated carbocycles. The highest BCUT2D eigenvalue weighted by atomic mass is 16.5. The zero-order chi connectivity index (χ0) is 21.4. The van der Waals surface area contributed by atoms with Gasteiger partial charge in [0.05, 0.1) is 16.8 Å². The molecule has 4 rings (SSSR count). The molecule has 2 heterocycles. The van der Waals surface area contributed by atoms with Crippen LogP contribution in [0.4, 0.5) is 0 Å². The van der Waals surface area contributed by atoms with Crippen molar-refractivity contribution < 1.29 is 14.2 Å². The minimum Gasteiger partial charge on any atom is -0.436 e. The predicted octanol–water partition coefficient (Wildman–Crippen LogP) is 4.10. The number of benzene rings is 2. The summed E-state index contributed by atoms with van der Waals surface area (Å²) < 4.78 is 11.9. The number of pyridine rings is 1. The highest BCUT2D eigenvalue weighted by Gasteiger charge is 2.35. The van der Waals surface area contributed by atoms with Gasteiger partial charge in [-0.25, -0.2) is 4.98 Å². The van der Waals surface area contributed by atoms with Gasteiger partial charge in [0.1, 0.15) is 5.52 Å². The topological polar surface area (TPSA) is 68.4 Å². The van der Waals surface area contributed by atoms with Crippen molar-refractivity contribution >= 4 is 24.0 Å². The molecule has 0 fully saturated rings. The van der Waals surface area contributed by atoms with Gasteiger partial charge in [-0.3, -0.25) is 4.98 Å². The molecule has 2 aromatic carbocycles. The molecule has 6 heteroatoms. The maximum atomic E-state index is 10.3. The van der Waals surface area contributed by atoms with Crippen LogP contribution >= 0.6 is 0 Å². The molecule has 0 bridgehead atoms. The smallest absolute Gasteiger partial charge is 0.309 e. The highest BCUT2D eigenvalue weighted by Crippen LogP contribution is 2.28. The van der Waals surface area contributed by atoms with Crippen LogP contribution in [0.25, 0.3) is 33.7 Å². The normalized spacial score (nSPS) is 12.3. The Morgan fingerprint density at radius 3 is 2.43 bits per heavy atom. The van der Waals surface area contributed by atoms with E-state index in [0.717, 1.165) is 33.3 Å². The number of nitrogens with zero attached hydrogens (tertiary/aromatic N) is 2. The van der Waals surface area contributed by atoms with Gasteiger partial charge < -0.3 is 14.2 Å². The molecule has 2 aromatic heterocycles. The summed E-state index contributed by atoms with van der Waals surface area (Å²) in [5.74, 6) is 0.561. The van der Waals surface area contributed by atoms with Crippen LogP contribution < -0.4 is 5.46 Å². The SMILES string of the molecule is CC(C)(O)C(C)(C)OBc1cccc(-c2ccc3oc(-c4cccnc4)nc3c2)c1. The van der Waals surface area contributed by atoms with E-state index in [-0.39, 0.29) is 0 Å². The second-order valence-corrected chi connectivity index (χ2v) is 8.50. The Morgan fingerprint density at radius 2 is 1.70 bits per heavy atom. The van der Waals surface area contributed by atoms with Crippen molar-refractivity contribution in [1.82, 2.24) is 9.97 Å². The Hall–Kier alpha value is -2.96. The van der Waals surface area contributed by atoms with Crippen molar-refractivity contribution in [1.29, 1.82) is 0 Å². The summed E-state index contributed by atoms with van der Waals surface area (Å²) >= 11 is 0. The van der Waals surface area contributed by atoms with Crippen LogP contribution in [0, 0.1) is 0 Å². The van der Waals surface area contributed by atoms with Gasteiger partial charge in [0.15, 0.2) is 5.58 Å². The Balaban J connectivity index is 1.59. The monoisotopic (exact) mass is 400 g/mol. The van der Waals surface area contributed by atoms with E-state index in [0.29, 0.717) is 13.4 Å². The molecule has 152 valence electrons. The van der Waals surface area contributed by atoms with E-state index >= 15 is 0 Å². The molecule has 0 amide bonds. The molecule has 0 spiro atoms. The molecule has 30 heavy (non-hydrogen) atoms. The van der Waals surface area contributed by atoms with Crippen LogP contribution in [0.3, 0.4) is 0 Å². The van der Waals surface area contributed by atoms with E-state index in [1.54, 1.807) is 26.2 Å². The third-order valence-electron chi connectivity index (χ3n) is 5.63. The van der Waals surface area contributed by atoms with Crippen molar-refractivity contribution in [3.05, 3.63) is 67.0 Å². The highest BCUT2D eigenvalue weighted by molar-refractivity contribution is 6.47. The fourth-order valence-electron chi connectivity index (χ4n) is 3.00. The second kappa shape index (κ2) is 7.71. The Kier molecular flexibility index (Phi) is 5.22. The zero-order valence-corrected chi connectivity index (χ0v) is 17.7. The Labute approximate surface area is 177 Å². The van der Waals surface area contributed by atoms with Gasteiger partial charge in [-0.2, -0.15) is 0 Å². The maximum Gasteiger partial charge on any atom is 0.309 e. The summed E-state index contributed by atoms with van der Waals surface area (Å²) in [5.41, 5.74) is 3.96. The number of fused-ring (bicyclic) bond motifs is 1. The molecule has 0 aliphatic carbocycles. The number of aromatic nitrogens is 2. The average Bonchev–Trinajstić information content (AvgIpc) is 3.16. The van der Waals surface area contributed by atoms with Crippen LogP contribution in [-0.2, 0) is 4.65 Å². The van der Waals surface area contributed by atoms with Crippen molar-refractivity contribution in [2.24, 2.45) is 0 Å². The summed E-state index contributed by atoms with van der Waals surface area (Å²) in [4.78, 5) is 8.76. The van der Waals surface area contributed by atoms with Crippen LogP contribution in [0.5, 0.6) is 0 Å². The van der Waals surface area contributed by atoms with E-state index < -0.39 is 11.2 Å². The first-order valence-electron chi connectivity index (χ1n) is 10.00. The van der Waals surface area contributed by atoms with E-state index in [1.807, 2.05) is 56.3 Å². The molecule has 0 saturated heterocycles. The van der Waals surface area contributed by atoms with Gasteiger partial charge in [-0.05, 0) is 63.1 Å². The molecule has 5 nitrogen and oxygen atoms in total. The van der Waals surface area contributed by atoms with Gasteiger partial charge in [0.2, 0.25) is 5.89 Å². The number of hydrogen-bond donors (Lipinski definition) is 1. The Morgan fingerprint density at radius 1 is 0.933 bits per heavy atom. The van der Waals surface area contributed by atoms with Gasteiger partial charge in [0.25, 0.3) is 0 Å². The van der Waals surface area contributed by atoms with Crippen molar-refractivity contribution in [2.75, 3.05) is 0 Å². The lowest BCUT2D eigenvalue weighted by Gasteiger charge is -2.37. The van der Waals surface area contributed by atoms with Gasteiger partial charge in [-0.15, -0.1) is 0 Å². The molecular weight excluding hydrogens is 375 g/mol. The summed E-state index contributed by atoms with van der Waals surface area (Å²) in [6.45, 7) is 7.32. The lowest BCUT2D eigenvalue weighted by atomic mass is 9.81. The molecule has 0 aliphatic heterocycles. The quantitative estimate of drug-likeness (QED) is 0.494. The summed E-state index contributed by atoms with van der Waals surface area (Å²) in [7, 11) is 0.419. The van der Waals surface area contributed by atoms with Gasteiger partial charge >= 0.3 is 7.48 Å². The second-order valence-electron chi connectivity index (χ2n) is 8.50. The molecule has 1 N–H and O–H groups in total. The van der Waals surface area contributed by atoms with Crippen LogP contribution in [-0.4, -0.2) is 33.8 Å². The summed E-state index contributed by atoms with van der Waals surface area (Å²) in [6.07, 6.45) is 3.47. The third-order valence-corrected chi connectivity index (χ3v) is 5.63. The first-order valence-corrected chi connectivity index (χ1v) is 10.00. The first kappa shape index (κ1) is 20.3. The fraction of sp³-hybridized carbons (Fsp3) is 0.250. The minimum absolute atomic E-state index is 0.419. The van der Waals surface area contributed by atoms with Crippen molar-refractivity contribution in [3.63, 3.8) is 0 Å². The van der Waals surface area contributed by atoms with Crippen LogP contribution in [0.1, 0.15) is 27.7 Å². The Bertz CT molecular complexity index is 1160. The molecule has 0 aliphatic rings. The average molecular weight is 400 g/mol. The van der Waals surface area contributed by atoms with E-state index in [1.165, 1.54) is 0 Å². The number of aliphatic hydroxyl groups is 1. The summed E-state index contributed by atoms with van der Waals surface area (Å²) in [5, 5.41) is 10.3. The van der Waals surface area contributed by atoms with Crippen molar-refractivity contribution in [3.8, 4) is 22.6 Å². The van der Waals surface area contributed by atoms with Crippen LogP contribution in [0.15, 0.2) is 71.4 Å². The predicted molar refractivity (Wildman–Crippen MR) is 121 cm³/mol. The largest absolute Gasteiger partial charge is 0.436 e. The fourth-order valence-corrected chi connectivity index (χ4v) is 3.00. The van der Waals surface area contributed by atoms with Gasteiger partial charge in [-0.1, -0.05) is 35.8 Å². The first-order chi connectivity index (χ1) is 14.2. The molecule has 0 atom stereocenters. The van der Waals surface area contributed by atoms with Gasteiger partial charge in [0, 0.05) is 12.4 Å². The van der Waals surface area contributed by atoms with E-state index in [9.17, 15) is 5.11 Å². The van der Waals surface area contributed by atoms with Crippen molar-refractivity contribution in [2.45, 2.75) is 38.9 Å². The maximum absolute atomic E-state index is 10.3.